The lowest BCUT2D eigenvalue weighted by atomic mass is 10.1. The monoisotopic (exact) mass is 566 g/mol. The maximum absolute atomic E-state index is 14.0. The van der Waals surface area contributed by atoms with Crippen molar-refractivity contribution in [2.24, 2.45) is 0 Å². The minimum atomic E-state index is -4.29. The minimum absolute atomic E-state index is 0.0131. The zero-order valence-corrected chi connectivity index (χ0v) is 21.8. The van der Waals surface area contributed by atoms with Crippen LogP contribution >= 0.6 is 23.2 Å². The number of carbonyl (C=O) groups excluding carboxylic acids is 1. The molecule has 2 N–H and O–H groups in total. The van der Waals surface area contributed by atoms with Gasteiger partial charge in [-0.2, -0.15) is 0 Å². The van der Waals surface area contributed by atoms with Crippen LogP contribution in [0.2, 0.25) is 10.0 Å². The van der Waals surface area contributed by atoms with Crippen LogP contribution in [-0.4, -0.2) is 52.2 Å². The van der Waals surface area contributed by atoms with Crippen LogP contribution in [0.15, 0.2) is 59.5 Å². The Morgan fingerprint density at radius 1 is 1.00 bits per heavy atom. The van der Waals surface area contributed by atoms with Crippen molar-refractivity contribution in [3.63, 3.8) is 0 Å². The molecule has 3 aromatic carbocycles. The number of benzene rings is 3. The van der Waals surface area contributed by atoms with Crippen LogP contribution in [0.3, 0.4) is 0 Å². The van der Waals surface area contributed by atoms with E-state index in [1.165, 1.54) is 29.2 Å². The highest BCUT2D eigenvalue weighted by molar-refractivity contribution is 7.92. The minimum Gasteiger partial charge on any atom is -0.454 e. The van der Waals surface area contributed by atoms with Crippen LogP contribution < -0.4 is 19.1 Å². The highest BCUT2D eigenvalue weighted by Crippen LogP contribution is 2.33. The van der Waals surface area contributed by atoms with E-state index in [0.717, 1.165) is 35.7 Å². The number of nitrogens with zero attached hydrogens (tertiary/aromatic N) is 1. The predicted octanol–water partition coefficient (Wildman–Crippen LogP) is 3.20. The molecule has 0 spiro atoms. The molecule has 12 heteroatoms. The van der Waals surface area contributed by atoms with Gasteiger partial charge in [0.05, 0.1) is 47.5 Å². The number of ether oxygens (including phenoxy) is 2. The second-order valence-corrected chi connectivity index (χ2v) is 11.2. The van der Waals surface area contributed by atoms with Crippen molar-refractivity contribution < 1.29 is 32.0 Å². The molecule has 0 aliphatic carbocycles. The normalized spacial score (nSPS) is 15.6. The van der Waals surface area contributed by atoms with Crippen LogP contribution in [-0.2, 0) is 16.6 Å². The smallest absolute Gasteiger partial charge is 0.263 e. The number of piperazine rings is 1. The first-order valence-corrected chi connectivity index (χ1v) is 13.7. The van der Waals surface area contributed by atoms with Gasteiger partial charge in [0.25, 0.3) is 15.9 Å². The predicted molar refractivity (Wildman–Crippen MR) is 137 cm³/mol. The van der Waals surface area contributed by atoms with E-state index in [1.54, 1.807) is 4.90 Å². The van der Waals surface area contributed by atoms with Gasteiger partial charge >= 0.3 is 0 Å². The second kappa shape index (κ2) is 10.4. The molecule has 8 nitrogen and oxygen atoms in total. The molecule has 1 fully saturated rings. The number of sulfonamides is 1. The molecule has 1 amide bonds. The fourth-order valence-corrected chi connectivity index (χ4v) is 6.28. The van der Waals surface area contributed by atoms with Crippen LogP contribution in [0, 0.1) is 5.82 Å². The number of hydrogen-bond acceptors (Lipinski definition) is 5. The second-order valence-electron chi connectivity index (χ2n) is 8.75. The summed E-state index contributed by atoms with van der Waals surface area (Å²) in [5.41, 5.74) is 0.888. The molecule has 5 rings (SSSR count). The first-order chi connectivity index (χ1) is 17.7. The van der Waals surface area contributed by atoms with Crippen LogP contribution in [0.25, 0.3) is 0 Å². The van der Waals surface area contributed by atoms with Gasteiger partial charge in [0, 0.05) is 5.56 Å². The summed E-state index contributed by atoms with van der Waals surface area (Å²) in [4.78, 5) is 15.9. The van der Waals surface area contributed by atoms with Crippen molar-refractivity contribution >= 4 is 44.8 Å². The molecular formula is C25H23Cl2FN3O5S+. The molecule has 0 atom stereocenters. The maximum Gasteiger partial charge on any atom is 0.263 e. The Morgan fingerprint density at radius 2 is 1.73 bits per heavy atom. The number of hydrogen-bond donors (Lipinski definition) is 2. The molecule has 2 aliphatic heterocycles. The molecule has 3 aromatic rings. The number of carbonyl (C=O) groups is 1. The number of nitrogens with one attached hydrogen (secondary N) is 2. The third kappa shape index (κ3) is 5.47. The van der Waals surface area contributed by atoms with Crippen LogP contribution in [0.4, 0.5) is 10.1 Å². The van der Waals surface area contributed by atoms with Gasteiger partial charge in [-0.3, -0.25) is 9.52 Å². The van der Waals surface area contributed by atoms with Gasteiger partial charge in [-0.25, -0.2) is 12.8 Å². The molecule has 0 unspecified atom stereocenters. The lowest BCUT2D eigenvalue weighted by Gasteiger charge is -2.32. The molecule has 1 saturated heterocycles. The first kappa shape index (κ1) is 25.6. The van der Waals surface area contributed by atoms with Crippen LogP contribution in [0.1, 0.15) is 15.9 Å². The van der Waals surface area contributed by atoms with Crippen molar-refractivity contribution in [2.45, 2.75) is 11.4 Å². The Balaban J connectivity index is 1.28. The lowest BCUT2D eigenvalue weighted by molar-refractivity contribution is -0.917. The number of anilines is 1. The number of para-hydroxylation sites is 1. The van der Waals surface area contributed by atoms with Gasteiger partial charge in [-0.1, -0.05) is 35.3 Å². The Hall–Kier alpha value is -3.05. The summed E-state index contributed by atoms with van der Waals surface area (Å²) in [6, 6.07) is 13.6. The third-order valence-corrected chi connectivity index (χ3v) is 8.45. The van der Waals surface area contributed by atoms with E-state index >= 15 is 0 Å². The molecule has 2 heterocycles. The fourth-order valence-electron chi connectivity index (χ4n) is 4.36. The van der Waals surface area contributed by atoms with E-state index in [-0.39, 0.29) is 33.0 Å². The third-order valence-electron chi connectivity index (χ3n) is 6.31. The molecule has 0 saturated carbocycles. The van der Waals surface area contributed by atoms with Gasteiger partial charge in [-0.05, 0) is 42.5 Å². The Bertz CT molecular complexity index is 1460. The van der Waals surface area contributed by atoms with Gasteiger partial charge in [-0.15, -0.1) is 0 Å². The maximum atomic E-state index is 14.0. The summed E-state index contributed by atoms with van der Waals surface area (Å²) < 4.78 is 53.0. The van der Waals surface area contributed by atoms with E-state index in [2.05, 4.69) is 4.72 Å². The summed E-state index contributed by atoms with van der Waals surface area (Å²) >= 11 is 12.5. The number of amides is 1. The van der Waals surface area contributed by atoms with E-state index in [9.17, 15) is 17.6 Å². The molecule has 0 aromatic heterocycles. The Morgan fingerprint density at radius 3 is 2.49 bits per heavy atom. The first-order valence-electron chi connectivity index (χ1n) is 11.5. The standard InChI is InChI=1S/C25H22Cl2FN3O5S/c26-18-13-19(27)24(37(33,34)29-21-4-2-1-3-20(21)28)12-17(18)25(32)31-9-7-30(8-10-31)14-16-5-6-22-23(11-16)36-15-35-22/h1-6,11-13,29H,7-10,14-15H2/p+1. The summed E-state index contributed by atoms with van der Waals surface area (Å²) in [5, 5.41) is -0.140. The lowest BCUT2D eigenvalue weighted by Crippen LogP contribution is -3.13. The van der Waals surface area contributed by atoms with Crippen molar-refractivity contribution in [3.05, 3.63) is 81.6 Å². The number of halogens is 3. The van der Waals surface area contributed by atoms with E-state index in [0.29, 0.717) is 26.2 Å². The summed E-state index contributed by atoms with van der Waals surface area (Å²) in [7, 11) is -4.29. The zero-order chi connectivity index (χ0) is 26.2. The molecule has 37 heavy (non-hydrogen) atoms. The topological polar surface area (TPSA) is 89.4 Å². The molecular weight excluding hydrogens is 544 g/mol. The largest absolute Gasteiger partial charge is 0.454 e. The average molecular weight is 567 g/mol. The molecule has 2 aliphatic rings. The van der Waals surface area contributed by atoms with Crippen LogP contribution in [0.5, 0.6) is 11.5 Å². The Labute approximate surface area is 223 Å². The van der Waals surface area contributed by atoms with Gasteiger partial charge < -0.3 is 19.3 Å². The highest BCUT2D eigenvalue weighted by Gasteiger charge is 2.29. The number of quaternary nitrogens is 1. The number of rotatable bonds is 6. The highest BCUT2D eigenvalue weighted by atomic mass is 35.5. The average Bonchev–Trinajstić information content (AvgIpc) is 3.33. The van der Waals surface area contributed by atoms with Crippen molar-refractivity contribution in [2.75, 3.05) is 37.7 Å². The van der Waals surface area contributed by atoms with E-state index in [1.807, 2.05) is 18.2 Å². The molecule has 0 radical (unpaired) electrons. The SMILES string of the molecule is O=C(c1cc(S(=O)(=O)Nc2ccccc2F)c(Cl)cc1Cl)N1CC[NH+](Cc2ccc3c(c2)OCO3)CC1. The summed E-state index contributed by atoms with van der Waals surface area (Å²) in [6.45, 7) is 3.32. The Kier molecular flexibility index (Phi) is 7.17. The van der Waals surface area contributed by atoms with Gasteiger partial charge in [0.2, 0.25) is 6.79 Å². The molecule has 194 valence electrons. The molecule has 0 bridgehead atoms. The van der Waals surface area contributed by atoms with E-state index in [4.69, 9.17) is 32.7 Å². The van der Waals surface area contributed by atoms with Crippen molar-refractivity contribution in [1.29, 1.82) is 0 Å². The van der Waals surface area contributed by atoms with Gasteiger partial charge in [0.1, 0.15) is 17.3 Å². The summed E-state index contributed by atoms with van der Waals surface area (Å²) in [6.07, 6.45) is 0. The van der Waals surface area contributed by atoms with E-state index < -0.39 is 21.7 Å². The fraction of sp³-hybridized carbons (Fsp3) is 0.240. The quantitative estimate of drug-likeness (QED) is 0.478. The van der Waals surface area contributed by atoms with Gasteiger partial charge in [0.15, 0.2) is 11.5 Å². The van der Waals surface area contributed by atoms with Crippen molar-refractivity contribution in [3.8, 4) is 11.5 Å². The number of fused-ring (bicyclic) bond motifs is 1. The zero-order valence-electron chi connectivity index (χ0n) is 19.5. The summed E-state index contributed by atoms with van der Waals surface area (Å²) in [5.74, 6) is 0.331. The van der Waals surface area contributed by atoms with Crippen molar-refractivity contribution in [1.82, 2.24) is 4.90 Å².